The third kappa shape index (κ3) is 3.18. The van der Waals surface area contributed by atoms with E-state index in [0.717, 1.165) is 16.6 Å². The zero-order chi connectivity index (χ0) is 21.6. The Morgan fingerprint density at radius 1 is 1.20 bits per heavy atom. The molecular weight excluding hydrogens is 412 g/mol. The Bertz CT molecular complexity index is 1410. The quantitative estimate of drug-likeness (QED) is 0.341. The van der Waals surface area contributed by atoms with Gasteiger partial charge in [0.1, 0.15) is 11.2 Å². The van der Waals surface area contributed by atoms with Crippen molar-refractivity contribution >= 4 is 26.9 Å². The van der Waals surface area contributed by atoms with Crippen molar-refractivity contribution in [1.29, 1.82) is 0 Å². The average Bonchev–Trinajstić information content (AvgIpc) is 3.33. The smallest absolute Gasteiger partial charge is 0.390 e. The van der Waals surface area contributed by atoms with Gasteiger partial charge in [-0.2, -0.15) is 0 Å². The van der Waals surface area contributed by atoms with Crippen molar-refractivity contribution in [3.05, 3.63) is 46.4 Å². The Morgan fingerprint density at radius 3 is 2.63 bits per heavy atom. The van der Waals surface area contributed by atoms with Gasteiger partial charge in [0, 0.05) is 18.3 Å². The van der Waals surface area contributed by atoms with E-state index in [-0.39, 0.29) is 22.2 Å². The van der Waals surface area contributed by atoms with Gasteiger partial charge in [-0.1, -0.05) is 11.9 Å². The highest BCUT2D eigenvalue weighted by atomic mass is 32.2. The molecule has 0 N–H and O–H groups in total. The lowest BCUT2D eigenvalue weighted by atomic mass is 10.3. The molecule has 0 amide bonds. The van der Waals surface area contributed by atoms with E-state index in [2.05, 4.69) is 25.0 Å². The normalized spacial score (nSPS) is 11.8. The van der Waals surface area contributed by atoms with Crippen molar-refractivity contribution in [2.45, 2.75) is 18.7 Å². The number of imidazole rings is 1. The molecule has 0 aliphatic carbocycles. The summed E-state index contributed by atoms with van der Waals surface area (Å²) in [7, 11) is -1.92. The SMILES string of the molecule is CCS(=O)(=O)c1ccc(-n2cnc([N+](=O)[O-])n2)nc1-c1nc2cc(C)cnc2n1C. The summed E-state index contributed by atoms with van der Waals surface area (Å²) in [6, 6.07) is 4.64. The zero-order valence-electron chi connectivity index (χ0n) is 16.2. The van der Waals surface area contributed by atoms with E-state index in [1.54, 1.807) is 17.8 Å². The third-order valence-electron chi connectivity index (χ3n) is 4.49. The number of hydrogen-bond donors (Lipinski definition) is 0. The molecule has 4 rings (SSSR count). The van der Waals surface area contributed by atoms with Crippen LogP contribution in [0.4, 0.5) is 5.95 Å². The van der Waals surface area contributed by atoms with Gasteiger partial charge in [-0.25, -0.2) is 23.4 Å². The second-order valence-electron chi connectivity index (χ2n) is 6.52. The Balaban J connectivity index is 1.98. The molecule has 0 aliphatic heterocycles. The standard InChI is InChI=1S/C17H16N8O4S/c1-4-30(28,29)12-5-6-13(24-9-19-17(22-24)25(26)27)21-14(12)16-20-11-7-10(2)8-18-15(11)23(16)3/h5-9H,4H2,1-3H3. The number of sulfone groups is 1. The maximum Gasteiger partial charge on any atom is 0.491 e. The van der Waals surface area contributed by atoms with Gasteiger partial charge >= 0.3 is 5.95 Å². The molecule has 0 unspecified atom stereocenters. The lowest BCUT2D eigenvalue weighted by Crippen LogP contribution is -2.11. The van der Waals surface area contributed by atoms with Crippen LogP contribution in [0.5, 0.6) is 0 Å². The number of aromatic nitrogens is 7. The van der Waals surface area contributed by atoms with E-state index in [1.165, 1.54) is 19.1 Å². The summed E-state index contributed by atoms with van der Waals surface area (Å²) in [6.45, 7) is 3.41. The van der Waals surface area contributed by atoms with Crippen LogP contribution in [0.1, 0.15) is 12.5 Å². The zero-order valence-corrected chi connectivity index (χ0v) is 17.0. The van der Waals surface area contributed by atoms with E-state index >= 15 is 0 Å². The number of pyridine rings is 2. The summed E-state index contributed by atoms with van der Waals surface area (Å²) < 4.78 is 28.2. The number of aryl methyl sites for hydroxylation is 2. The molecule has 30 heavy (non-hydrogen) atoms. The minimum absolute atomic E-state index is 0.00140. The lowest BCUT2D eigenvalue weighted by molar-refractivity contribution is -0.394. The number of hydrogen-bond acceptors (Lipinski definition) is 9. The van der Waals surface area contributed by atoms with Gasteiger partial charge in [0.05, 0.1) is 10.6 Å². The van der Waals surface area contributed by atoms with Crippen molar-refractivity contribution in [3.63, 3.8) is 0 Å². The fraction of sp³-hybridized carbons (Fsp3) is 0.235. The summed E-state index contributed by atoms with van der Waals surface area (Å²) in [5.41, 5.74) is 2.17. The van der Waals surface area contributed by atoms with E-state index in [0.29, 0.717) is 17.0 Å². The molecule has 4 heterocycles. The number of nitro groups is 1. The highest BCUT2D eigenvalue weighted by molar-refractivity contribution is 7.91. The first-order chi connectivity index (χ1) is 14.2. The fourth-order valence-corrected chi connectivity index (χ4v) is 3.99. The second kappa shape index (κ2) is 6.95. The minimum Gasteiger partial charge on any atom is -0.390 e. The van der Waals surface area contributed by atoms with Gasteiger partial charge in [-0.3, -0.25) is 0 Å². The molecule has 0 spiro atoms. The van der Waals surface area contributed by atoms with Gasteiger partial charge < -0.3 is 14.7 Å². The maximum atomic E-state index is 12.7. The van der Waals surface area contributed by atoms with Crippen molar-refractivity contribution < 1.29 is 13.3 Å². The number of rotatable bonds is 5. The molecule has 0 fully saturated rings. The minimum atomic E-state index is -3.64. The van der Waals surface area contributed by atoms with Crippen LogP contribution in [0.2, 0.25) is 0 Å². The monoisotopic (exact) mass is 428 g/mol. The number of nitrogens with zero attached hydrogens (tertiary/aromatic N) is 8. The third-order valence-corrected chi connectivity index (χ3v) is 6.25. The van der Waals surface area contributed by atoms with Crippen LogP contribution in [0, 0.1) is 17.0 Å². The van der Waals surface area contributed by atoms with E-state index in [1.807, 2.05) is 13.0 Å². The predicted octanol–water partition coefficient (Wildman–Crippen LogP) is 1.62. The van der Waals surface area contributed by atoms with Gasteiger partial charge in [-0.15, -0.1) is 4.68 Å². The second-order valence-corrected chi connectivity index (χ2v) is 8.76. The molecule has 0 aromatic carbocycles. The van der Waals surface area contributed by atoms with E-state index in [4.69, 9.17) is 0 Å². The Morgan fingerprint density at radius 2 is 1.97 bits per heavy atom. The summed E-state index contributed by atoms with van der Waals surface area (Å²) in [4.78, 5) is 27.1. The van der Waals surface area contributed by atoms with Gasteiger partial charge in [0.25, 0.3) is 0 Å². The molecule has 4 aromatic rings. The topological polar surface area (TPSA) is 152 Å². The molecule has 12 nitrogen and oxygen atoms in total. The van der Waals surface area contributed by atoms with Crippen LogP contribution in [-0.4, -0.2) is 53.4 Å². The molecular formula is C17H16N8O4S. The molecule has 0 saturated carbocycles. The molecule has 154 valence electrons. The Labute approximate surface area is 170 Å². The summed E-state index contributed by atoms with van der Waals surface area (Å²) in [5.74, 6) is -0.258. The van der Waals surface area contributed by atoms with Crippen molar-refractivity contribution in [3.8, 4) is 17.3 Å². The molecule has 4 aromatic heterocycles. The number of fused-ring (bicyclic) bond motifs is 1. The molecule has 0 aliphatic rings. The summed E-state index contributed by atoms with van der Waals surface area (Å²) in [6.07, 6.45) is 2.83. The Hall–Kier alpha value is -3.74. The van der Waals surface area contributed by atoms with E-state index in [9.17, 15) is 18.5 Å². The summed E-state index contributed by atoms with van der Waals surface area (Å²) in [5, 5.41) is 14.6. The van der Waals surface area contributed by atoms with Crippen LogP contribution in [0.15, 0.2) is 35.6 Å². The lowest BCUT2D eigenvalue weighted by Gasteiger charge is -2.10. The first kappa shape index (κ1) is 19.6. The molecule has 0 atom stereocenters. The largest absolute Gasteiger partial charge is 0.491 e. The van der Waals surface area contributed by atoms with Crippen LogP contribution in [0.25, 0.3) is 28.5 Å². The average molecular weight is 428 g/mol. The van der Waals surface area contributed by atoms with Crippen molar-refractivity contribution in [2.24, 2.45) is 7.05 Å². The molecule has 0 saturated heterocycles. The maximum absolute atomic E-state index is 12.7. The highest BCUT2D eigenvalue weighted by Crippen LogP contribution is 2.29. The molecule has 0 bridgehead atoms. The predicted molar refractivity (Wildman–Crippen MR) is 106 cm³/mol. The van der Waals surface area contributed by atoms with Crippen LogP contribution in [0.3, 0.4) is 0 Å². The molecule has 0 radical (unpaired) electrons. The highest BCUT2D eigenvalue weighted by Gasteiger charge is 2.25. The van der Waals surface area contributed by atoms with Crippen molar-refractivity contribution in [2.75, 3.05) is 5.75 Å². The Kier molecular flexibility index (Phi) is 4.53. The van der Waals surface area contributed by atoms with Crippen LogP contribution < -0.4 is 0 Å². The van der Waals surface area contributed by atoms with Gasteiger partial charge in [0.15, 0.2) is 27.1 Å². The van der Waals surface area contributed by atoms with Gasteiger partial charge in [-0.05, 0) is 35.6 Å². The van der Waals surface area contributed by atoms with Gasteiger partial charge in [0.2, 0.25) is 6.33 Å². The van der Waals surface area contributed by atoms with Crippen LogP contribution >= 0.6 is 0 Å². The first-order valence-corrected chi connectivity index (χ1v) is 10.5. The van der Waals surface area contributed by atoms with Crippen molar-refractivity contribution in [1.82, 2.24) is 34.3 Å². The van der Waals surface area contributed by atoms with Crippen LogP contribution in [-0.2, 0) is 16.9 Å². The fourth-order valence-electron chi connectivity index (χ4n) is 2.97. The summed E-state index contributed by atoms with van der Waals surface area (Å²) >= 11 is 0. The molecule has 13 heteroatoms. The first-order valence-electron chi connectivity index (χ1n) is 8.81. The van der Waals surface area contributed by atoms with E-state index < -0.39 is 20.7 Å².